The summed E-state index contributed by atoms with van der Waals surface area (Å²) >= 11 is 9.02. The van der Waals surface area contributed by atoms with Crippen LogP contribution in [0.3, 0.4) is 0 Å². The van der Waals surface area contributed by atoms with Crippen molar-refractivity contribution >= 4 is 39.7 Å². The first-order valence-electron chi connectivity index (χ1n) is 2.45. The van der Waals surface area contributed by atoms with Gasteiger partial charge in [0.2, 0.25) is 0 Å². The molecule has 0 bridgehead atoms. The summed E-state index contributed by atoms with van der Waals surface area (Å²) in [6.07, 6.45) is 0. The van der Waals surface area contributed by atoms with Gasteiger partial charge < -0.3 is 0 Å². The smallest absolute Gasteiger partial charge is 0.0406 e. The van der Waals surface area contributed by atoms with E-state index in [1.807, 2.05) is 24.3 Å². The zero-order chi connectivity index (χ0) is 6.69. The molecule has 0 aliphatic heterocycles. The van der Waals surface area contributed by atoms with E-state index in [0.717, 1.165) is 5.02 Å². The average Bonchev–Trinajstić information content (AvgIpc) is 1.90. The highest BCUT2D eigenvalue weighted by Crippen LogP contribution is 2.19. The second-order valence-electron chi connectivity index (χ2n) is 1.60. The molecule has 1 rings (SSSR count). The van der Waals surface area contributed by atoms with Crippen molar-refractivity contribution in [3.8, 4) is 0 Å². The molecule has 1 aromatic carbocycles. The summed E-state index contributed by atoms with van der Waals surface area (Å²) < 4.78 is 0. The third-order valence-electron chi connectivity index (χ3n) is 0.953. The van der Waals surface area contributed by atoms with E-state index >= 15 is 0 Å². The van der Waals surface area contributed by atoms with Crippen molar-refractivity contribution in [3.05, 3.63) is 29.3 Å². The van der Waals surface area contributed by atoms with E-state index in [4.69, 9.17) is 11.6 Å². The Bertz CT molecular complexity index is 185. The number of hydrogen-bond donors (Lipinski definition) is 0. The van der Waals surface area contributed by atoms with Crippen LogP contribution in [0.15, 0.2) is 24.3 Å². The van der Waals surface area contributed by atoms with Gasteiger partial charge in [0.25, 0.3) is 0 Å². The van der Waals surface area contributed by atoms with E-state index in [0.29, 0.717) is 7.28 Å². The van der Waals surface area contributed by atoms with Gasteiger partial charge >= 0.3 is 0 Å². The quantitative estimate of drug-likeness (QED) is 0.642. The van der Waals surface area contributed by atoms with Crippen molar-refractivity contribution in [1.82, 2.24) is 0 Å². The molecule has 0 radical (unpaired) electrons. The van der Waals surface area contributed by atoms with E-state index in [-0.39, 0.29) is 0 Å². The van der Waals surface area contributed by atoms with E-state index in [1.54, 1.807) is 0 Å². The summed E-state index contributed by atoms with van der Waals surface area (Å²) in [5, 5.41) is 2.07. The summed E-state index contributed by atoms with van der Waals surface area (Å²) in [5.41, 5.74) is 0. The molecular weight excluding hydrogens is 218 g/mol. The summed E-state index contributed by atoms with van der Waals surface area (Å²) in [6, 6.07) is 7.81. The van der Waals surface area contributed by atoms with E-state index in [1.165, 1.54) is 5.30 Å². The summed E-state index contributed by atoms with van der Waals surface area (Å²) in [5.74, 6) is 0. The molecule has 0 aliphatic carbocycles. The van der Waals surface area contributed by atoms with Gasteiger partial charge in [-0.25, -0.2) is 0 Å². The number of halogens is 2. The van der Waals surface area contributed by atoms with Crippen LogP contribution in [0.2, 0.25) is 5.02 Å². The largest absolute Gasteiger partial charge is 0.0843 e. The normalized spacial score (nSPS) is 10.9. The number of rotatable bonds is 1. The van der Waals surface area contributed by atoms with Crippen LogP contribution in [0.4, 0.5) is 0 Å². The van der Waals surface area contributed by atoms with Crippen LogP contribution in [0, 0.1) is 0 Å². The SMILES string of the molecule is Clc1ccc(PBr)cc1. The van der Waals surface area contributed by atoms with Crippen LogP contribution in [0.1, 0.15) is 0 Å². The molecule has 0 amide bonds. The molecule has 1 aromatic rings. The van der Waals surface area contributed by atoms with Gasteiger partial charge in [0.05, 0.1) is 0 Å². The van der Waals surface area contributed by atoms with Gasteiger partial charge in [-0.15, -0.1) is 0 Å². The van der Waals surface area contributed by atoms with Gasteiger partial charge in [-0.2, -0.15) is 0 Å². The van der Waals surface area contributed by atoms with Gasteiger partial charge in [-0.05, 0) is 24.7 Å². The molecule has 0 N–H and O–H groups in total. The van der Waals surface area contributed by atoms with Gasteiger partial charge in [0.1, 0.15) is 0 Å². The first kappa shape index (κ1) is 7.53. The molecule has 0 saturated heterocycles. The molecule has 0 nitrogen and oxygen atoms in total. The highest BCUT2D eigenvalue weighted by atomic mass is 79.9. The van der Waals surface area contributed by atoms with Crippen molar-refractivity contribution < 1.29 is 0 Å². The molecule has 1 unspecified atom stereocenters. The second kappa shape index (κ2) is 3.55. The predicted octanol–water partition coefficient (Wildman–Crippen LogP) is 2.95. The minimum absolute atomic E-state index is 0.680. The zero-order valence-electron chi connectivity index (χ0n) is 4.57. The highest BCUT2D eigenvalue weighted by Gasteiger charge is 1.87. The van der Waals surface area contributed by atoms with Crippen LogP contribution < -0.4 is 5.30 Å². The molecule has 0 aliphatic rings. The first-order valence-corrected chi connectivity index (χ1v) is 6.08. The Hall–Kier alpha value is 0.420. The molecule has 9 heavy (non-hydrogen) atoms. The zero-order valence-corrected chi connectivity index (χ0v) is 7.91. The maximum atomic E-state index is 5.66. The second-order valence-corrected chi connectivity index (χ2v) is 3.99. The van der Waals surface area contributed by atoms with Crippen LogP contribution in [0.5, 0.6) is 0 Å². The minimum atomic E-state index is 0.680. The Kier molecular flexibility index (Phi) is 2.97. The lowest BCUT2D eigenvalue weighted by Gasteiger charge is -1.91. The fourth-order valence-electron chi connectivity index (χ4n) is 0.513. The topological polar surface area (TPSA) is 0 Å². The molecule has 0 aromatic heterocycles. The molecule has 1 atom stereocenters. The molecule has 0 saturated carbocycles. The summed E-state index contributed by atoms with van der Waals surface area (Å²) in [6.45, 7) is 0. The molecule has 0 heterocycles. The van der Waals surface area contributed by atoms with Gasteiger partial charge in [0, 0.05) is 5.02 Å². The first-order chi connectivity index (χ1) is 4.33. The fraction of sp³-hybridized carbons (Fsp3) is 0. The monoisotopic (exact) mass is 222 g/mol. The van der Waals surface area contributed by atoms with Crippen molar-refractivity contribution in [2.75, 3.05) is 0 Å². The van der Waals surface area contributed by atoms with Crippen LogP contribution in [-0.2, 0) is 0 Å². The van der Waals surface area contributed by atoms with Gasteiger partial charge in [-0.3, -0.25) is 0 Å². The van der Waals surface area contributed by atoms with Crippen LogP contribution >= 0.6 is 34.4 Å². The van der Waals surface area contributed by atoms with Crippen molar-refractivity contribution in [3.63, 3.8) is 0 Å². The van der Waals surface area contributed by atoms with E-state index in [2.05, 4.69) is 15.5 Å². The third kappa shape index (κ3) is 2.25. The Morgan fingerprint density at radius 1 is 1.22 bits per heavy atom. The Labute approximate surface area is 69.1 Å². The third-order valence-corrected chi connectivity index (χ3v) is 3.13. The maximum Gasteiger partial charge on any atom is 0.0406 e. The summed E-state index contributed by atoms with van der Waals surface area (Å²) in [4.78, 5) is 0. The molecule has 0 fully saturated rings. The van der Waals surface area contributed by atoms with Crippen molar-refractivity contribution in [2.24, 2.45) is 0 Å². The van der Waals surface area contributed by atoms with E-state index in [9.17, 15) is 0 Å². The minimum Gasteiger partial charge on any atom is -0.0843 e. The van der Waals surface area contributed by atoms with Gasteiger partial charge in [-0.1, -0.05) is 39.2 Å². The van der Waals surface area contributed by atoms with Crippen LogP contribution in [-0.4, -0.2) is 0 Å². The lowest BCUT2D eigenvalue weighted by atomic mass is 10.4. The average molecular weight is 223 g/mol. The molecule has 0 spiro atoms. The lowest BCUT2D eigenvalue weighted by Crippen LogP contribution is -1.86. The molecule has 48 valence electrons. The van der Waals surface area contributed by atoms with Crippen LogP contribution in [0.25, 0.3) is 0 Å². The molecular formula is C6H5BrClP. The fourth-order valence-corrected chi connectivity index (χ4v) is 1.72. The summed E-state index contributed by atoms with van der Waals surface area (Å²) in [7, 11) is 0.680. The maximum absolute atomic E-state index is 5.66. The van der Waals surface area contributed by atoms with E-state index < -0.39 is 0 Å². The Morgan fingerprint density at radius 2 is 1.78 bits per heavy atom. The lowest BCUT2D eigenvalue weighted by molar-refractivity contribution is 1.77. The predicted molar refractivity (Wildman–Crippen MR) is 48.3 cm³/mol. The van der Waals surface area contributed by atoms with Crippen molar-refractivity contribution in [1.29, 1.82) is 0 Å². The Balaban J connectivity index is 2.88. The van der Waals surface area contributed by atoms with Gasteiger partial charge in [0.15, 0.2) is 0 Å². The Morgan fingerprint density at radius 3 is 2.22 bits per heavy atom. The highest BCUT2D eigenvalue weighted by molar-refractivity contribution is 9.37. The molecule has 3 heteroatoms. The van der Waals surface area contributed by atoms with Crippen molar-refractivity contribution in [2.45, 2.75) is 0 Å². The number of benzene rings is 1. The standard InChI is InChI=1S/C6H5BrClP/c7-9-6-3-1-5(8)2-4-6/h1-4,9H. The number of hydrogen-bond acceptors (Lipinski definition) is 0.